The molecule has 4 aromatic carbocycles. The Morgan fingerprint density at radius 1 is 0.354 bits per heavy atom. The Labute approximate surface area is 309 Å². The first-order valence-electron chi connectivity index (χ1n) is 16.4. The summed E-state index contributed by atoms with van der Waals surface area (Å²) >= 11 is 7.07. The molecule has 0 saturated carbocycles. The van der Waals surface area contributed by atoms with Crippen LogP contribution in [0.15, 0.2) is 107 Å². The van der Waals surface area contributed by atoms with Gasteiger partial charge in [-0.25, -0.2) is 8.42 Å². The van der Waals surface area contributed by atoms with Crippen molar-refractivity contribution in [2.75, 3.05) is 0 Å². The fraction of sp³-hybridized carbons (Fsp3) is 0.400. The van der Waals surface area contributed by atoms with Crippen LogP contribution < -0.4 is 0 Å². The number of rotatable bonds is 0. The molecule has 0 unspecified atom stereocenters. The second-order valence-corrected chi connectivity index (χ2v) is 24.2. The average Bonchev–Trinajstić information content (AvgIpc) is 2.95. The molecule has 0 radical (unpaired) electrons. The van der Waals surface area contributed by atoms with E-state index < -0.39 is 21.6 Å². The van der Waals surface area contributed by atoms with Gasteiger partial charge < -0.3 is 0 Å². The van der Waals surface area contributed by atoms with Gasteiger partial charge in [0.1, 0.15) is 0 Å². The summed E-state index contributed by atoms with van der Waals surface area (Å²) in [6.45, 7) is 26.7. The average molecular weight is 749 g/mol. The van der Waals surface area contributed by atoms with Crippen LogP contribution in [0.3, 0.4) is 0 Å². The van der Waals surface area contributed by atoms with Crippen LogP contribution in [0, 0.1) is 0 Å². The molecule has 2 nitrogen and oxygen atoms in total. The van der Waals surface area contributed by atoms with E-state index >= 15 is 0 Å². The summed E-state index contributed by atoms with van der Waals surface area (Å²) in [6, 6.07) is 18.0. The van der Waals surface area contributed by atoms with E-state index in [-0.39, 0.29) is 21.7 Å². The Bertz CT molecular complexity index is 1810. The van der Waals surface area contributed by atoms with Crippen molar-refractivity contribution in [1.82, 2.24) is 0 Å². The van der Waals surface area contributed by atoms with E-state index in [9.17, 15) is 8.42 Å². The highest BCUT2D eigenvalue weighted by Crippen LogP contribution is 2.59. The molecule has 0 aromatic heterocycles. The molecule has 0 saturated heterocycles. The van der Waals surface area contributed by atoms with Crippen molar-refractivity contribution in [2.24, 2.45) is 0 Å². The van der Waals surface area contributed by atoms with E-state index in [0.29, 0.717) is 0 Å². The van der Waals surface area contributed by atoms with Crippen molar-refractivity contribution in [3.05, 3.63) is 70.8 Å². The first kappa shape index (κ1) is 35.0. The number of benzene rings is 4. The summed E-state index contributed by atoms with van der Waals surface area (Å²) in [7, 11) is -2.69. The summed E-state index contributed by atoms with van der Waals surface area (Å²) in [5.74, 6) is 0. The Balaban J connectivity index is 1.61. The zero-order valence-corrected chi connectivity index (χ0v) is 34.8. The van der Waals surface area contributed by atoms with Crippen LogP contribution in [0.2, 0.25) is 0 Å². The molecule has 0 aliphatic carbocycles. The highest BCUT2D eigenvalue weighted by atomic mass is 32.2. The summed E-state index contributed by atoms with van der Waals surface area (Å²) in [6.07, 6.45) is 0. The van der Waals surface area contributed by atoms with Crippen molar-refractivity contribution in [3.63, 3.8) is 0 Å². The van der Waals surface area contributed by atoms with Gasteiger partial charge in [0.2, 0.25) is 0 Å². The minimum absolute atomic E-state index is 0.124. The van der Waals surface area contributed by atoms with E-state index in [1.165, 1.54) is 22.3 Å². The van der Waals surface area contributed by atoms with Crippen molar-refractivity contribution in [1.29, 1.82) is 0 Å². The minimum atomic E-state index is -1.34. The van der Waals surface area contributed by atoms with Crippen LogP contribution in [0.5, 0.6) is 0 Å². The maximum Gasteiger partial charge on any atom is 0.0873 e. The molecular formula is C40H44O2S6. The maximum absolute atomic E-state index is 14.9. The van der Waals surface area contributed by atoms with Crippen LogP contribution >= 0.6 is 47.0 Å². The van der Waals surface area contributed by atoms with E-state index in [1.807, 2.05) is 0 Å². The first-order chi connectivity index (χ1) is 22.1. The van der Waals surface area contributed by atoms with Crippen molar-refractivity contribution >= 4 is 68.6 Å². The van der Waals surface area contributed by atoms with Crippen LogP contribution in [0.25, 0.3) is 0 Å². The second kappa shape index (κ2) is 11.5. The lowest BCUT2D eigenvalue weighted by Gasteiger charge is -2.32. The summed E-state index contributed by atoms with van der Waals surface area (Å²) in [5.41, 5.74) is 4.20. The van der Waals surface area contributed by atoms with Gasteiger partial charge in [0.15, 0.2) is 0 Å². The molecule has 8 heteroatoms. The first-order valence-corrected chi connectivity index (χ1v) is 22.0. The normalized spacial score (nSPS) is 16.4. The Kier molecular flexibility index (Phi) is 8.42. The highest BCUT2D eigenvalue weighted by Gasteiger charge is 2.36. The molecule has 0 amide bonds. The molecule has 252 valence electrons. The van der Waals surface area contributed by atoms with Gasteiger partial charge in [-0.15, -0.1) is 0 Å². The molecule has 48 heavy (non-hydrogen) atoms. The molecular weight excluding hydrogens is 705 g/mol. The fourth-order valence-electron chi connectivity index (χ4n) is 5.97. The minimum Gasteiger partial charge on any atom is -0.249 e. The third-order valence-corrected chi connectivity index (χ3v) is 17.9. The summed E-state index contributed by atoms with van der Waals surface area (Å²) < 4.78 is 29.7. The lowest BCUT2D eigenvalue weighted by molar-refractivity contribution is 0.582. The molecule has 0 N–H and O–H groups in total. The Hall–Kier alpha value is -1.42. The van der Waals surface area contributed by atoms with E-state index in [4.69, 9.17) is 0 Å². The van der Waals surface area contributed by atoms with Gasteiger partial charge in [-0.05, 0) is 92.4 Å². The quantitative estimate of drug-likeness (QED) is 0.154. The number of hydrogen-bond acceptors (Lipinski definition) is 6. The molecule has 3 aliphatic rings. The van der Waals surface area contributed by atoms with Crippen LogP contribution in [0.1, 0.15) is 105 Å². The fourth-order valence-corrected chi connectivity index (χ4v) is 14.9. The predicted molar refractivity (Wildman–Crippen MR) is 206 cm³/mol. The van der Waals surface area contributed by atoms with Gasteiger partial charge in [0, 0.05) is 39.2 Å². The lowest BCUT2D eigenvalue weighted by Crippen LogP contribution is -2.17. The molecule has 3 aliphatic heterocycles. The topological polar surface area (TPSA) is 34.1 Å². The second-order valence-electron chi connectivity index (χ2n) is 17.2. The zero-order chi connectivity index (χ0) is 34.9. The van der Waals surface area contributed by atoms with Gasteiger partial charge in [0.05, 0.1) is 41.2 Å². The zero-order valence-electron chi connectivity index (χ0n) is 29.9. The standard InChI is InChI=1S/C40H44O2S6/c1-37(2,3)21-13-25-33-29(17-21)47(41)30-18-23(39(7,8)9)15-27(35(30)45-33)44-28-16-24(40(10,11)12)20-32-36(28)46-34-26(43-25)14-22(38(4,5)6)19-31(34)48(32)42/h13-20H,1-12H3. The molecule has 0 spiro atoms. The van der Waals surface area contributed by atoms with Gasteiger partial charge in [-0.3, -0.25) is 0 Å². The van der Waals surface area contributed by atoms with Gasteiger partial charge in [-0.1, -0.05) is 130 Å². The van der Waals surface area contributed by atoms with Gasteiger partial charge in [-0.2, -0.15) is 0 Å². The Morgan fingerprint density at radius 3 is 0.750 bits per heavy atom. The van der Waals surface area contributed by atoms with Crippen molar-refractivity contribution in [3.8, 4) is 0 Å². The molecule has 7 rings (SSSR count). The summed E-state index contributed by atoms with van der Waals surface area (Å²) in [4.78, 5) is 12.4. The van der Waals surface area contributed by atoms with Crippen LogP contribution in [-0.2, 0) is 43.3 Å². The van der Waals surface area contributed by atoms with E-state index in [0.717, 1.165) is 58.7 Å². The van der Waals surface area contributed by atoms with E-state index in [2.05, 4.69) is 132 Å². The molecule has 0 atom stereocenters. The third-order valence-electron chi connectivity index (χ3n) is 9.19. The largest absolute Gasteiger partial charge is 0.249 e. The van der Waals surface area contributed by atoms with E-state index in [1.54, 1.807) is 47.0 Å². The molecule has 4 bridgehead atoms. The third kappa shape index (κ3) is 6.02. The molecule has 4 aromatic rings. The lowest BCUT2D eigenvalue weighted by atomic mass is 9.87. The van der Waals surface area contributed by atoms with Crippen molar-refractivity contribution < 1.29 is 8.42 Å². The Morgan fingerprint density at radius 2 is 0.562 bits per heavy atom. The maximum atomic E-state index is 14.9. The van der Waals surface area contributed by atoms with Crippen LogP contribution in [0.4, 0.5) is 0 Å². The SMILES string of the molecule is CC(C)(C)c1cc2c3c(c1)S(=O)c1cc(C(C)(C)C)cc(c1S3)Sc1cc(C(C)(C)C)cc3c1Sc1c(cc(C(C)(C)C)cc1S3=O)S2. The highest BCUT2D eigenvalue weighted by molar-refractivity contribution is 8.06. The predicted octanol–water partition coefficient (Wildman–Crippen LogP) is 12.8. The van der Waals surface area contributed by atoms with Crippen LogP contribution in [-0.4, -0.2) is 8.42 Å². The number of hydrogen-bond donors (Lipinski definition) is 0. The molecule has 0 fully saturated rings. The van der Waals surface area contributed by atoms with Gasteiger partial charge >= 0.3 is 0 Å². The van der Waals surface area contributed by atoms with Crippen molar-refractivity contribution in [2.45, 2.75) is 163 Å². The molecule has 3 heterocycles. The summed E-state index contributed by atoms with van der Waals surface area (Å²) in [5, 5.41) is 0. The monoisotopic (exact) mass is 748 g/mol. The smallest absolute Gasteiger partial charge is 0.0873 e. The van der Waals surface area contributed by atoms with Gasteiger partial charge in [0.25, 0.3) is 0 Å².